The minimum absolute atomic E-state index is 0.0331. The van der Waals surface area contributed by atoms with E-state index in [1.54, 1.807) is 24.3 Å². The van der Waals surface area contributed by atoms with Gasteiger partial charge in [0.25, 0.3) is 0 Å². The monoisotopic (exact) mass is 412 g/mol. The molecular formula is C22H24N2O6. The lowest BCUT2D eigenvalue weighted by molar-refractivity contribution is 0.0158. The molecule has 0 spiro atoms. The highest BCUT2D eigenvalue weighted by molar-refractivity contribution is 5.92. The van der Waals surface area contributed by atoms with Crippen molar-refractivity contribution >= 4 is 11.9 Å². The van der Waals surface area contributed by atoms with Crippen molar-refractivity contribution in [2.24, 2.45) is 0 Å². The van der Waals surface area contributed by atoms with Crippen molar-refractivity contribution in [1.82, 2.24) is 9.97 Å². The van der Waals surface area contributed by atoms with Crippen LogP contribution >= 0.6 is 0 Å². The van der Waals surface area contributed by atoms with Crippen molar-refractivity contribution in [3.05, 3.63) is 47.8 Å². The maximum absolute atomic E-state index is 12.4. The van der Waals surface area contributed by atoms with Crippen LogP contribution in [0.25, 0.3) is 11.4 Å². The van der Waals surface area contributed by atoms with Crippen LogP contribution in [0.3, 0.4) is 0 Å². The van der Waals surface area contributed by atoms with Crippen LogP contribution in [0.1, 0.15) is 46.4 Å². The molecule has 4 rings (SSSR count). The van der Waals surface area contributed by atoms with Gasteiger partial charge in [-0.25, -0.2) is 9.59 Å². The molecule has 30 heavy (non-hydrogen) atoms. The fourth-order valence-corrected chi connectivity index (χ4v) is 3.45. The van der Waals surface area contributed by atoms with Gasteiger partial charge in [-0.1, -0.05) is 0 Å². The molecule has 0 aromatic carbocycles. The van der Waals surface area contributed by atoms with Crippen LogP contribution < -0.4 is 0 Å². The largest absolute Gasteiger partial charge is 0.459 e. The van der Waals surface area contributed by atoms with Crippen molar-refractivity contribution in [1.29, 1.82) is 0 Å². The van der Waals surface area contributed by atoms with Gasteiger partial charge in [0.1, 0.15) is 13.2 Å². The number of aromatic nitrogens is 2. The van der Waals surface area contributed by atoms with Gasteiger partial charge < -0.3 is 18.9 Å². The predicted molar refractivity (Wildman–Crippen MR) is 106 cm³/mol. The molecule has 2 aliphatic rings. The van der Waals surface area contributed by atoms with Crippen LogP contribution in [0.5, 0.6) is 0 Å². The molecule has 4 heterocycles. The molecule has 0 aliphatic carbocycles. The van der Waals surface area contributed by atoms with E-state index in [1.807, 2.05) is 0 Å². The van der Waals surface area contributed by atoms with Gasteiger partial charge in [0.15, 0.2) is 0 Å². The highest BCUT2D eigenvalue weighted by atomic mass is 16.6. The molecular weight excluding hydrogens is 388 g/mol. The maximum Gasteiger partial charge on any atom is 0.338 e. The quantitative estimate of drug-likeness (QED) is 0.641. The second-order valence-corrected chi connectivity index (χ2v) is 7.33. The Hall–Kier alpha value is -2.84. The van der Waals surface area contributed by atoms with Crippen LogP contribution in [-0.2, 0) is 18.9 Å². The van der Waals surface area contributed by atoms with Crippen LogP contribution in [-0.4, -0.2) is 60.5 Å². The molecule has 2 aliphatic heterocycles. The first-order chi connectivity index (χ1) is 14.7. The Bertz CT molecular complexity index is 817. The minimum Gasteiger partial charge on any atom is -0.459 e. The second-order valence-electron chi connectivity index (χ2n) is 7.33. The average Bonchev–Trinajstić information content (AvgIpc) is 3.50. The maximum atomic E-state index is 12.4. The summed E-state index contributed by atoms with van der Waals surface area (Å²) >= 11 is 0. The number of hydrogen-bond acceptors (Lipinski definition) is 8. The van der Waals surface area contributed by atoms with Crippen molar-refractivity contribution in [2.45, 2.75) is 37.9 Å². The molecule has 158 valence electrons. The predicted octanol–water partition coefficient (Wildman–Crippen LogP) is 2.82. The molecule has 2 aromatic heterocycles. The molecule has 2 unspecified atom stereocenters. The molecule has 8 heteroatoms. The zero-order valence-corrected chi connectivity index (χ0v) is 16.6. The fourth-order valence-electron chi connectivity index (χ4n) is 3.45. The van der Waals surface area contributed by atoms with Crippen molar-refractivity contribution in [3.63, 3.8) is 0 Å². The molecule has 2 fully saturated rings. The smallest absolute Gasteiger partial charge is 0.338 e. The summed E-state index contributed by atoms with van der Waals surface area (Å²) < 4.78 is 21.6. The van der Waals surface area contributed by atoms with Crippen molar-refractivity contribution < 1.29 is 28.5 Å². The molecule has 2 atom stereocenters. The van der Waals surface area contributed by atoms with E-state index in [4.69, 9.17) is 18.9 Å². The molecule has 0 radical (unpaired) electrons. The van der Waals surface area contributed by atoms with E-state index in [2.05, 4.69) is 9.97 Å². The third-order valence-electron chi connectivity index (χ3n) is 5.10. The number of carbonyl (C=O) groups is 2. The Kier molecular flexibility index (Phi) is 6.66. The Morgan fingerprint density at radius 1 is 0.833 bits per heavy atom. The van der Waals surface area contributed by atoms with Crippen molar-refractivity contribution in [3.8, 4) is 11.4 Å². The lowest BCUT2D eigenvalue weighted by Gasteiger charge is -2.11. The lowest BCUT2D eigenvalue weighted by atomic mass is 10.1. The van der Waals surface area contributed by atoms with Crippen LogP contribution in [0.15, 0.2) is 36.7 Å². The number of nitrogens with zero attached hydrogens (tertiary/aromatic N) is 2. The first-order valence-corrected chi connectivity index (χ1v) is 10.2. The van der Waals surface area contributed by atoms with Gasteiger partial charge in [-0.3, -0.25) is 9.97 Å². The Labute approximate surface area is 174 Å². The fraction of sp³-hybridized carbons (Fsp3) is 0.455. The molecule has 0 N–H and O–H groups in total. The van der Waals surface area contributed by atoms with E-state index >= 15 is 0 Å². The summed E-state index contributed by atoms with van der Waals surface area (Å²) in [4.78, 5) is 33.3. The lowest BCUT2D eigenvalue weighted by Crippen LogP contribution is -2.18. The molecule has 0 amide bonds. The third-order valence-corrected chi connectivity index (χ3v) is 5.10. The Morgan fingerprint density at radius 2 is 1.30 bits per heavy atom. The summed E-state index contributed by atoms with van der Waals surface area (Å²) in [5.74, 6) is -0.887. The van der Waals surface area contributed by atoms with Crippen LogP contribution in [0.4, 0.5) is 0 Å². The van der Waals surface area contributed by atoms with Crippen LogP contribution in [0, 0.1) is 0 Å². The van der Waals surface area contributed by atoms with Gasteiger partial charge in [0.2, 0.25) is 0 Å². The molecule has 8 nitrogen and oxygen atoms in total. The SMILES string of the molecule is O=C(OCC1CCCO1)c1ccnc(-c2cc(C(=O)OCC3CCCO3)ccn2)c1. The number of rotatable bonds is 7. The van der Waals surface area contributed by atoms with Crippen molar-refractivity contribution in [2.75, 3.05) is 26.4 Å². The first kappa shape index (κ1) is 20.4. The second kappa shape index (κ2) is 9.77. The van der Waals surface area contributed by atoms with E-state index < -0.39 is 11.9 Å². The Balaban J connectivity index is 1.40. The first-order valence-electron chi connectivity index (χ1n) is 10.2. The number of hydrogen-bond donors (Lipinski definition) is 0. The number of esters is 2. The van der Waals surface area contributed by atoms with Gasteiger partial charge in [-0.05, 0) is 49.9 Å². The van der Waals surface area contributed by atoms with Gasteiger partial charge in [-0.2, -0.15) is 0 Å². The molecule has 0 bridgehead atoms. The van der Waals surface area contributed by atoms with E-state index in [9.17, 15) is 9.59 Å². The summed E-state index contributed by atoms with van der Waals surface area (Å²) in [5, 5.41) is 0. The van der Waals surface area contributed by atoms with Gasteiger partial charge >= 0.3 is 11.9 Å². The van der Waals surface area contributed by atoms with Gasteiger partial charge in [0.05, 0.1) is 34.7 Å². The highest BCUT2D eigenvalue weighted by Gasteiger charge is 2.20. The zero-order chi connectivity index (χ0) is 20.8. The Morgan fingerprint density at radius 3 is 1.70 bits per heavy atom. The summed E-state index contributed by atoms with van der Waals surface area (Å²) in [5.41, 5.74) is 1.67. The highest BCUT2D eigenvalue weighted by Crippen LogP contribution is 2.19. The number of carbonyl (C=O) groups excluding carboxylic acids is 2. The van der Waals surface area contributed by atoms with E-state index in [-0.39, 0.29) is 25.4 Å². The normalized spacial score (nSPS) is 20.8. The summed E-state index contributed by atoms with van der Waals surface area (Å²) in [6.07, 6.45) is 6.73. The topological polar surface area (TPSA) is 96.8 Å². The summed E-state index contributed by atoms with van der Waals surface area (Å²) in [7, 11) is 0. The molecule has 2 aromatic rings. The van der Waals surface area contributed by atoms with E-state index in [0.29, 0.717) is 35.7 Å². The van der Waals surface area contributed by atoms with E-state index in [1.165, 1.54) is 12.4 Å². The summed E-state index contributed by atoms with van der Waals surface area (Å²) in [6.45, 7) is 1.89. The minimum atomic E-state index is -0.443. The van der Waals surface area contributed by atoms with Gasteiger partial charge in [0, 0.05) is 25.6 Å². The van der Waals surface area contributed by atoms with Crippen LogP contribution in [0.2, 0.25) is 0 Å². The van der Waals surface area contributed by atoms with Gasteiger partial charge in [-0.15, -0.1) is 0 Å². The third kappa shape index (κ3) is 5.20. The molecule has 2 saturated heterocycles. The molecule has 0 saturated carbocycles. The van der Waals surface area contributed by atoms with E-state index in [0.717, 1.165) is 25.7 Å². The number of ether oxygens (including phenoxy) is 4. The standard InChI is InChI=1S/C22H24N2O6/c25-21(29-13-17-3-1-9-27-17)15-5-7-23-19(11-15)20-12-16(6-8-24-20)22(26)30-14-18-4-2-10-28-18/h5-8,11-12,17-18H,1-4,9-10,13-14H2. The number of pyridine rings is 2. The zero-order valence-electron chi connectivity index (χ0n) is 16.6. The summed E-state index contributed by atoms with van der Waals surface area (Å²) in [6, 6.07) is 6.37. The average molecular weight is 412 g/mol.